The normalized spacial score (nSPS) is 16.3. The van der Waals surface area contributed by atoms with Gasteiger partial charge in [0, 0.05) is 12.8 Å². The summed E-state index contributed by atoms with van der Waals surface area (Å²) in [5.74, 6) is 0.987. The molecule has 1 aromatic carbocycles. The monoisotopic (exact) mass is 406 g/mol. The number of amides is 1. The van der Waals surface area contributed by atoms with Crippen LogP contribution in [0.15, 0.2) is 18.2 Å². The maximum atomic E-state index is 12.7. The van der Waals surface area contributed by atoms with Gasteiger partial charge in [0.2, 0.25) is 5.91 Å². The third-order valence-corrected chi connectivity index (χ3v) is 6.72. The van der Waals surface area contributed by atoms with Gasteiger partial charge in [0.05, 0.1) is 14.2 Å². The summed E-state index contributed by atoms with van der Waals surface area (Å²) in [6, 6.07) is 5.46. The van der Waals surface area contributed by atoms with Crippen molar-refractivity contribution in [1.29, 1.82) is 0 Å². The van der Waals surface area contributed by atoms with Gasteiger partial charge in [0.1, 0.15) is 11.5 Å². The molecule has 0 atom stereocenters. The first-order valence-corrected chi connectivity index (χ1v) is 10.1. The highest BCUT2D eigenvalue weighted by Crippen LogP contribution is 2.28. The Morgan fingerprint density at radius 2 is 1.88 bits per heavy atom. The van der Waals surface area contributed by atoms with Crippen LogP contribution in [0, 0.1) is 0 Å². The molecule has 2 N–H and O–H groups in total. The number of carbonyl (C=O) groups excluding carboxylic acids is 1. The predicted octanol–water partition coefficient (Wildman–Crippen LogP) is 0.951. The summed E-state index contributed by atoms with van der Waals surface area (Å²) in [6.45, 7) is 1.36. The van der Waals surface area contributed by atoms with E-state index in [0.717, 1.165) is 11.8 Å². The highest BCUT2D eigenvalue weighted by Gasteiger charge is 2.48. The number of sulfone groups is 1. The first kappa shape index (κ1) is 22.5. The second kappa shape index (κ2) is 9.43. The van der Waals surface area contributed by atoms with E-state index in [2.05, 4.69) is 10.6 Å². The summed E-state index contributed by atoms with van der Waals surface area (Å²) >= 11 is 0. The fourth-order valence-electron chi connectivity index (χ4n) is 3.15. The summed E-state index contributed by atoms with van der Waals surface area (Å²) in [5.41, 5.74) is 0.890. The maximum Gasteiger partial charge on any atom is 0.241 e. The van der Waals surface area contributed by atoms with Crippen molar-refractivity contribution in [3.05, 3.63) is 23.8 Å². The molecule has 0 aromatic heterocycles. The van der Waals surface area contributed by atoms with Gasteiger partial charge < -0.3 is 20.1 Å². The van der Waals surface area contributed by atoms with E-state index in [1.54, 1.807) is 26.4 Å². The summed E-state index contributed by atoms with van der Waals surface area (Å²) < 4.78 is 33.7. The Bertz CT molecular complexity index is 718. The van der Waals surface area contributed by atoms with Gasteiger partial charge in [0.15, 0.2) is 14.6 Å². The van der Waals surface area contributed by atoms with Gasteiger partial charge in [-0.15, -0.1) is 12.4 Å². The average Bonchev–Trinajstić information content (AvgIpc) is 2.61. The molecule has 0 spiro atoms. The molecule has 1 amide bonds. The second-order valence-electron chi connectivity index (χ2n) is 6.20. The van der Waals surface area contributed by atoms with Crippen LogP contribution in [0.3, 0.4) is 0 Å². The minimum Gasteiger partial charge on any atom is -0.497 e. The number of hydrogen-bond donors (Lipinski definition) is 2. The van der Waals surface area contributed by atoms with Gasteiger partial charge >= 0.3 is 0 Å². The van der Waals surface area contributed by atoms with Gasteiger partial charge in [0.25, 0.3) is 0 Å². The first-order chi connectivity index (χ1) is 11.8. The molecule has 9 heteroatoms. The maximum absolute atomic E-state index is 12.7. The highest BCUT2D eigenvalue weighted by atomic mass is 35.5. The number of piperidine rings is 1. The van der Waals surface area contributed by atoms with Gasteiger partial charge in [-0.2, -0.15) is 0 Å². The molecule has 0 saturated carbocycles. The van der Waals surface area contributed by atoms with Crippen molar-refractivity contribution in [1.82, 2.24) is 10.6 Å². The van der Waals surface area contributed by atoms with Gasteiger partial charge in [-0.1, -0.05) is 0 Å². The fourth-order valence-corrected chi connectivity index (χ4v) is 4.50. The van der Waals surface area contributed by atoms with Crippen molar-refractivity contribution in [2.45, 2.75) is 24.0 Å². The number of nitrogens with one attached hydrogen (secondary N) is 2. The largest absolute Gasteiger partial charge is 0.497 e. The van der Waals surface area contributed by atoms with Crippen LogP contribution in [-0.4, -0.2) is 59.2 Å². The highest BCUT2D eigenvalue weighted by molar-refractivity contribution is 7.92. The van der Waals surface area contributed by atoms with Crippen LogP contribution in [0.5, 0.6) is 11.5 Å². The second-order valence-corrected chi connectivity index (χ2v) is 8.53. The number of methoxy groups -OCH3 is 2. The quantitative estimate of drug-likeness (QED) is 0.700. The van der Waals surface area contributed by atoms with E-state index >= 15 is 0 Å². The van der Waals surface area contributed by atoms with E-state index in [0.29, 0.717) is 50.4 Å². The molecule has 0 bridgehead atoms. The molecule has 1 aromatic rings. The lowest BCUT2D eigenvalue weighted by atomic mass is 9.95. The Morgan fingerprint density at radius 1 is 1.23 bits per heavy atom. The Kier molecular flexibility index (Phi) is 8.17. The van der Waals surface area contributed by atoms with E-state index < -0.39 is 20.5 Å². The zero-order valence-electron chi connectivity index (χ0n) is 15.3. The van der Waals surface area contributed by atoms with Crippen molar-refractivity contribution < 1.29 is 22.7 Å². The molecule has 1 fully saturated rings. The van der Waals surface area contributed by atoms with E-state index in [4.69, 9.17) is 9.47 Å². The molecule has 1 saturated heterocycles. The van der Waals surface area contributed by atoms with Crippen LogP contribution in [0.2, 0.25) is 0 Å². The van der Waals surface area contributed by atoms with Gasteiger partial charge in [-0.25, -0.2) is 8.42 Å². The van der Waals surface area contributed by atoms with Crippen molar-refractivity contribution in [2.24, 2.45) is 0 Å². The van der Waals surface area contributed by atoms with Crippen molar-refractivity contribution >= 4 is 28.2 Å². The Labute approximate surface area is 161 Å². The van der Waals surface area contributed by atoms with Gasteiger partial charge in [-0.05, 0) is 56.1 Å². The minimum atomic E-state index is -3.50. The SMILES string of the molecule is COc1ccc(OC)c(CCNC(=O)C2(S(C)(=O)=O)CCNCC2)c1.Cl. The molecule has 1 heterocycles. The number of carbonyl (C=O) groups is 1. The molecule has 0 aliphatic carbocycles. The van der Waals surface area contributed by atoms with Crippen molar-refractivity contribution in [3.63, 3.8) is 0 Å². The third kappa shape index (κ3) is 4.81. The zero-order chi connectivity index (χ0) is 18.5. The first-order valence-electron chi connectivity index (χ1n) is 8.23. The number of rotatable bonds is 7. The summed E-state index contributed by atoms with van der Waals surface area (Å²) in [6.07, 6.45) is 2.24. The molecule has 148 valence electrons. The molecule has 0 radical (unpaired) electrons. The van der Waals surface area contributed by atoms with Crippen LogP contribution >= 0.6 is 12.4 Å². The molecular weight excluding hydrogens is 380 g/mol. The molecule has 0 unspecified atom stereocenters. The zero-order valence-corrected chi connectivity index (χ0v) is 17.0. The summed E-state index contributed by atoms with van der Waals surface area (Å²) in [4.78, 5) is 12.7. The third-order valence-electron chi connectivity index (χ3n) is 4.70. The number of ether oxygens (including phenoxy) is 2. The van der Waals surface area contributed by atoms with Gasteiger partial charge in [-0.3, -0.25) is 4.79 Å². The van der Waals surface area contributed by atoms with E-state index in [1.807, 2.05) is 6.07 Å². The number of halogens is 1. The minimum absolute atomic E-state index is 0. The van der Waals surface area contributed by atoms with E-state index in [9.17, 15) is 13.2 Å². The van der Waals surface area contributed by atoms with Crippen LogP contribution in [0.25, 0.3) is 0 Å². The van der Waals surface area contributed by atoms with Crippen molar-refractivity contribution in [2.75, 3.05) is 40.1 Å². The lowest BCUT2D eigenvalue weighted by molar-refractivity contribution is -0.124. The Morgan fingerprint density at radius 3 is 2.42 bits per heavy atom. The molecule has 26 heavy (non-hydrogen) atoms. The topological polar surface area (TPSA) is 93.7 Å². The van der Waals surface area contributed by atoms with Crippen molar-refractivity contribution in [3.8, 4) is 11.5 Å². The smallest absolute Gasteiger partial charge is 0.241 e. The standard InChI is InChI=1S/C17H26N2O5S.ClH/c1-23-14-4-5-15(24-2)13(12-14)6-9-19-16(20)17(25(3,21)22)7-10-18-11-8-17;/h4-5,12,18H,6-11H2,1-3H3,(H,19,20);1H. The average molecular weight is 407 g/mol. The summed E-state index contributed by atoms with van der Waals surface area (Å²) in [7, 11) is -0.337. The number of benzene rings is 1. The van der Waals surface area contributed by atoms with E-state index in [1.165, 1.54) is 0 Å². The lowest BCUT2D eigenvalue weighted by Crippen LogP contribution is -2.57. The molecular formula is C17H27ClN2O5S. The predicted molar refractivity (Wildman–Crippen MR) is 103 cm³/mol. The van der Waals surface area contributed by atoms with Crippen LogP contribution in [-0.2, 0) is 21.1 Å². The molecule has 1 aliphatic heterocycles. The van der Waals surface area contributed by atoms with Crippen LogP contribution < -0.4 is 20.1 Å². The van der Waals surface area contributed by atoms with Crippen LogP contribution in [0.1, 0.15) is 18.4 Å². The summed E-state index contributed by atoms with van der Waals surface area (Å²) in [5, 5.41) is 5.90. The van der Waals surface area contributed by atoms with E-state index in [-0.39, 0.29) is 12.4 Å². The molecule has 2 rings (SSSR count). The Hall–Kier alpha value is -1.51. The number of hydrogen-bond acceptors (Lipinski definition) is 6. The fraction of sp³-hybridized carbons (Fsp3) is 0.588. The molecule has 1 aliphatic rings. The van der Waals surface area contributed by atoms with Crippen LogP contribution in [0.4, 0.5) is 0 Å². The molecule has 7 nitrogen and oxygen atoms in total. The Balaban J connectivity index is 0.00000338. The lowest BCUT2D eigenvalue weighted by Gasteiger charge is -2.34.